The summed E-state index contributed by atoms with van der Waals surface area (Å²) in [5, 5.41) is 7.64. The number of nitrogens with one attached hydrogen (secondary N) is 1. The molecule has 2 aromatic carbocycles. The van der Waals surface area contributed by atoms with Crippen LogP contribution >= 0.6 is 0 Å². The van der Waals surface area contributed by atoms with Gasteiger partial charge in [0.15, 0.2) is 0 Å². The number of aromatic nitrogens is 3. The maximum Gasteiger partial charge on any atom is 0.262 e. The Morgan fingerprint density at radius 2 is 1.93 bits per heavy atom. The fraction of sp³-hybridized carbons (Fsp3) is 0.150. The fourth-order valence-corrected chi connectivity index (χ4v) is 3.31. The largest absolute Gasteiger partial charge is 0.324 e. The molecular weight excluding hydrogens is 366 g/mol. The first-order chi connectivity index (χ1) is 13.5. The van der Waals surface area contributed by atoms with Gasteiger partial charge in [0.1, 0.15) is 11.6 Å². The predicted octanol–water partition coefficient (Wildman–Crippen LogP) is 3.20. The number of carbonyl (C=O) groups excluding carboxylic acids is 1. The molecule has 4 aromatic rings. The van der Waals surface area contributed by atoms with Crippen LogP contribution in [0.25, 0.3) is 21.8 Å². The van der Waals surface area contributed by atoms with Crippen molar-refractivity contribution in [3.05, 3.63) is 70.6 Å². The van der Waals surface area contributed by atoms with Gasteiger partial charge in [-0.3, -0.25) is 14.3 Å². The summed E-state index contributed by atoms with van der Waals surface area (Å²) in [5.41, 5.74) is 0.685. The topological polar surface area (TPSA) is 68.9 Å². The third kappa shape index (κ3) is 3.02. The molecule has 2 aromatic heterocycles. The molecule has 0 aliphatic heterocycles. The van der Waals surface area contributed by atoms with Crippen molar-refractivity contribution >= 4 is 33.4 Å². The van der Waals surface area contributed by atoms with Crippen LogP contribution in [0.5, 0.6) is 0 Å². The predicted molar refractivity (Wildman–Crippen MR) is 102 cm³/mol. The molecule has 0 unspecified atom stereocenters. The SMILES string of the molecule is Cn1ncc2c(=O)n(CCC(=O)Nc3ccccc3F)c3cc(F)ccc3c21. The second-order valence-corrected chi connectivity index (χ2v) is 6.43. The molecule has 1 N–H and O–H groups in total. The number of hydrogen-bond acceptors (Lipinski definition) is 3. The second-order valence-electron chi connectivity index (χ2n) is 6.43. The quantitative estimate of drug-likeness (QED) is 0.589. The van der Waals surface area contributed by atoms with E-state index in [4.69, 9.17) is 0 Å². The maximum atomic E-state index is 13.8. The lowest BCUT2D eigenvalue weighted by atomic mass is 10.1. The van der Waals surface area contributed by atoms with Crippen LogP contribution in [0.2, 0.25) is 0 Å². The van der Waals surface area contributed by atoms with Gasteiger partial charge in [0.25, 0.3) is 5.56 Å². The summed E-state index contributed by atoms with van der Waals surface area (Å²) in [5.74, 6) is -1.48. The lowest BCUT2D eigenvalue weighted by Crippen LogP contribution is -2.24. The highest BCUT2D eigenvalue weighted by molar-refractivity contribution is 6.03. The highest BCUT2D eigenvalue weighted by atomic mass is 19.1. The number of fused-ring (bicyclic) bond motifs is 3. The minimum absolute atomic E-state index is 0.0178. The fourth-order valence-electron chi connectivity index (χ4n) is 3.31. The average molecular weight is 382 g/mol. The van der Waals surface area contributed by atoms with Gasteiger partial charge in [0, 0.05) is 25.4 Å². The first-order valence-corrected chi connectivity index (χ1v) is 8.64. The van der Waals surface area contributed by atoms with Gasteiger partial charge in [-0.2, -0.15) is 5.10 Å². The second kappa shape index (κ2) is 6.88. The van der Waals surface area contributed by atoms with Crippen LogP contribution < -0.4 is 10.9 Å². The molecule has 6 nitrogen and oxygen atoms in total. The van der Waals surface area contributed by atoms with E-state index in [9.17, 15) is 18.4 Å². The lowest BCUT2D eigenvalue weighted by Gasteiger charge is -2.12. The molecule has 0 radical (unpaired) electrons. The molecule has 0 saturated carbocycles. The van der Waals surface area contributed by atoms with Gasteiger partial charge in [-0.25, -0.2) is 8.78 Å². The minimum atomic E-state index is -0.544. The molecule has 142 valence electrons. The zero-order valence-electron chi connectivity index (χ0n) is 14.9. The lowest BCUT2D eigenvalue weighted by molar-refractivity contribution is -0.116. The molecule has 1 amide bonds. The number of nitrogens with zero attached hydrogens (tertiary/aromatic N) is 3. The van der Waals surface area contributed by atoms with Gasteiger partial charge >= 0.3 is 0 Å². The van der Waals surface area contributed by atoms with Crippen LogP contribution in [-0.2, 0) is 18.4 Å². The summed E-state index contributed by atoms with van der Waals surface area (Å²) in [4.78, 5) is 25.1. The van der Waals surface area contributed by atoms with E-state index in [1.54, 1.807) is 23.9 Å². The van der Waals surface area contributed by atoms with E-state index < -0.39 is 17.5 Å². The van der Waals surface area contributed by atoms with Crippen LogP contribution in [-0.4, -0.2) is 20.3 Å². The van der Waals surface area contributed by atoms with Crippen molar-refractivity contribution in [2.75, 3.05) is 5.32 Å². The van der Waals surface area contributed by atoms with Crippen LogP contribution in [0, 0.1) is 11.6 Å². The summed E-state index contributed by atoms with van der Waals surface area (Å²) >= 11 is 0. The standard InChI is InChI=1S/C20H16F2N4O2/c1-25-19-13-7-6-12(21)10-17(13)26(20(28)14(19)11-23-25)9-8-18(27)24-16-5-3-2-4-15(16)22/h2-7,10-11H,8-9H2,1H3,(H,24,27). The molecule has 8 heteroatoms. The Kier molecular flexibility index (Phi) is 4.38. The molecule has 4 rings (SSSR count). The van der Waals surface area contributed by atoms with Gasteiger partial charge in [-0.05, 0) is 30.3 Å². The number of carbonyl (C=O) groups is 1. The normalized spacial score (nSPS) is 11.2. The first-order valence-electron chi connectivity index (χ1n) is 8.64. The van der Waals surface area contributed by atoms with E-state index >= 15 is 0 Å². The van der Waals surface area contributed by atoms with E-state index in [1.807, 2.05) is 0 Å². The maximum absolute atomic E-state index is 13.8. The molecule has 0 fully saturated rings. The van der Waals surface area contributed by atoms with Gasteiger partial charge in [0.05, 0.1) is 28.3 Å². The van der Waals surface area contributed by atoms with Crippen molar-refractivity contribution in [3.63, 3.8) is 0 Å². The van der Waals surface area contributed by atoms with Gasteiger partial charge in [0.2, 0.25) is 5.91 Å². The number of amides is 1. The average Bonchev–Trinajstić information content (AvgIpc) is 3.05. The Morgan fingerprint density at radius 3 is 2.71 bits per heavy atom. The number of pyridine rings is 1. The summed E-state index contributed by atoms with van der Waals surface area (Å²) in [6.45, 7) is 0.0178. The number of halogens is 2. The molecule has 28 heavy (non-hydrogen) atoms. The highest BCUT2D eigenvalue weighted by Gasteiger charge is 2.16. The molecular formula is C20H16F2N4O2. The Hall–Kier alpha value is -3.55. The number of benzene rings is 2. The molecule has 0 bridgehead atoms. The zero-order chi connectivity index (χ0) is 19.8. The summed E-state index contributed by atoms with van der Waals surface area (Å²) in [6, 6.07) is 9.99. The third-order valence-corrected chi connectivity index (χ3v) is 4.63. The number of rotatable bonds is 4. The molecule has 0 spiro atoms. The minimum Gasteiger partial charge on any atom is -0.324 e. The Morgan fingerprint density at radius 1 is 1.14 bits per heavy atom. The summed E-state index contributed by atoms with van der Waals surface area (Å²) < 4.78 is 30.4. The highest BCUT2D eigenvalue weighted by Crippen LogP contribution is 2.23. The molecule has 0 atom stereocenters. The van der Waals surface area contributed by atoms with Crippen molar-refractivity contribution in [1.82, 2.24) is 14.3 Å². The Bertz CT molecular complexity index is 1280. The number of anilines is 1. The van der Waals surface area contributed by atoms with Crippen LogP contribution in [0.4, 0.5) is 14.5 Å². The Balaban J connectivity index is 1.71. The van der Waals surface area contributed by atoms with E-state index in [2.05, 4.69) is 10.4 Å². The van der Waals surface area contributed by atoms with Crippen molar-refractivity contribution in [2.45, 2.75) is 13.0 Å². The van der Waals surface area contributed by atoms with E-state index in [1.165, 1.54) is 41.1 Å². The van der Waals surface area contributed by atoms with Crippen LogP contribution in [0.3, 0.4) is 0 Å². The van der Waals surface area contributed by atoms with Crippen molar-refractivity contribution < 1.29 is 13.6 Å². The number of hydrogen-bond donors (Lipinski definition) is 1. The van der Waals surface area contributed by atoms with E-state index in [-0.39, 0.29) is 24.2 Å². The molecule has 0 aliphatic rings. The van der Waals surface area contributed by atoms with Gasteiger partial charge in [-0.1, -0.05) is 12.1 Å². The van der Waals surface area contributed by atoms with Crippen molar-refractivity contribution in [1.29, 1.82) is 0 Å². The van der Waals surface area contributed by atoms with Gasteiger partial charge in [-0.15, -0.1) is 0 Å². The van der Waals surface area contributed by atoms with E-state index in [0.717, 1.165) is 0 Å². The van der Waals surface area contributed by atoms with Crippen molar-refractivity contribution in [2.24, 2.45) is 7.05 Å². The summed E-state index contributed by atoms with van der Waals surface area (Å²) in [6.07, 6.45) is 1.38. The van der Waals surface area contributed by atoms with Crippen molar-refractivity contribution in [3.8, 4) is 0 Å². The first kappa shape index (κ1) is 17.8. The van der Waals surface area contributed by atoms with Gasteiger partial charge < -0.3 is 9.88 Å². The number of para-hydroxylation sites is 1. The van der Waals surface area contributed by atoms with E-state index in [0.29, 0.717) is 21.8 Å². The molecule has 0 aliphatic carbocycles. The summed E-state index contributed by atoms with van der Waals surface area (Å²) in [7, 11) is 1.71. The third-order valence-electron chi connectivity index (χ3n) is 4.63. The molecule has 0 saturated heterocycles. The van der Waals surface area contributed by atoms with Crippen LogP contribution in [0.15, 0.2) is 53.5 Å². The Labute approximate surface area is 158 Å². The molecule has 2 heterocycles. The monoisotopic (exact) mass is 382 g/mol. The zero-order valence-corrected chi connectivity index (χ0v) is 14.9. The smallest absolute Gasteiger partial charge is 0.262 e. The number of aryl methyl sites for hydroxylation is 2. The van der Waals surface area contributed by atoms with Crippen LogP contribution in [0.1, 0.15) is 6.42 Å².